The molecule has 0 radical (unpaired) electrons. The van der Waals surface area contributed by atoms with Crippen molar-refractivity contribution in [1.82, 2.24) is 19.9 Å². The topological polar surface area (TPSA) is 41.9 Å². The van der Waals surface area contributed by atoms with Crippen molar-refractivity contribution >= 4 is 10.9 Å². The summed E-state index contributed by atoms with van der Waals surface area (Å²) in [6, 6.07) is 13.1. The lowest BCUT2D eigenvalue weighted by molar-refractivity contribution is 0.244. The number of benzene rings is 1. The van der Waals surface area contributed by atoms with Crippen molar-refractivity contribution in [1.29, 1.82) is 0 Å². The third-order valence-corrected chi connectivity index (χ3v) is 4.36. The van der Waals surface area contributed by atoms with E-state index < -0.39 is 0 Å². The number of aromatic nitrogens is 3. The highest BCUT2D eigenvalue weighted by Crippen LogP contribution is 2.32. The summed E-state index contributed by atoms with van der Waals surface area (Å²) in [5, 5.41) is 1.21. The molecule has 0 unspecified atom stereocenters. The van der Waals surface area contributed by atoms with Crippen molar-refractivity contribution in [3.8, 4) is 0 Å². The molecule has 1 aliphatic heterocycles. The van der Waals surface area contributed by atoms with Crippen LogP contribution in [0.1, 0.15) is 30.1 Å². The van der Waals surface area contributed by atoms with Crippen molar-refractivity contribution < 1.29 is 0 Å². The van der Waals surface area contributed by atoms with E-state index >= 15 is 0 Å². The molecule has 1 saturated heterocycles. The van der Waals surface area contributed by atoms with Gasteiger partial charge in [0, 0.05) is 24.3 Å². The van der Waals surface area contributed by atoms with Gasteiger partial charge in [0.05, 0.1) is 17.3 Å². The van der Waals surface area contributed by atoms with Crippen molar-refractivity contribution in [3.05, 3.63) is 66.4 Å². The predicted octanol–water partition coefficient (Wildman–Crippen LogP) is 3.36. The Hall–Kier alpha value is -2.33. The minimum absolute atomic E-state index is 0.410. The van der Waals surface area contributed by atoms with Crippen molar-refractivity contribution in [2.45, 2.75) is 25.4 Å². The molecule has 4 heteroatoms. The normalized spacial score (nSPS) is 18.8. The number of nitrogens with zero attached hydrogens (tertiary/aromatic N) is 4. The minimum Gasteiger partial charge on any atom is -0.291 e. The van der Waals surface area contributed by atoms with Crippen molar-refractivity contribution in [3.63, 3.8) is 0 Å². The number of hydrogen-bond acceptors (Lipinski definition) is 4. The zero-order valence-electron chi connectivity index (χ0n) is 12.4. The van der Waals surface area contributed by atoms with Crippen molar-refractivity contribution in [2.75, 3.05) is 6.54 Å². The third-order valence-electron chi connectivity index (χ3n) is 4.36. The van der Waals surface area contributed by atoms with E-state index in [0.717, 1.165) is 24.3 Å². The Kier molecular flexibility index (Phi) is 3.52. The zero-order chi connectivity index (χ0) is 14.8. The highest BCUT2D eigenvalue weighted by atomic mass is 15.2. The smallest absolute Gasteiger partial charge is 0.115 e. The molecular weight excluding hydrogens is 272 g/mol. The summed E-state index contributed by atoms with van der Waals surface area (Å²) in [6.07, 6.45) is 7.72. The largest absolute Gasteiger partial charge is 0.291 e. The first-order valence-corrected chi connectivity index (χ1v) is 7.74. The highest BCUT2D eigenvalue weighted by Gasteiger charge is 2.26. The summed E-state index contributed by atoms with van der Waals surface area (Å²) < 4.78 is 0. The molecule has 4 rings (SSSR count). The molecule has 0 bridgehead atoms. The van der Waals surface area contributed by atoms with Gasteiger partial charge in [0.15, 0.2) is 0 Å². The van der Waals surface area contributed by atoms with Gasteiger partial charge in [0.25, 0.3) is 0 Å². The van der Waals surface area contributed by atoms with Gasteiger partial charge in [-0.05, 0) is 49.2 Å². The van der Waals surface area contributed by atoms with Crippen LogP contribution in [0.15, 0.2) is 55.1 Å². The van der Waals surface area contributed by atoms with Gasteiger partial charge < -0.3 is 0 Å². The summed E-state index contributed by atoms with van der Waals surface area (Å²) in [5.41, 5.74) is 3.52. The molecule has 1 atom stereocenters. The molecular formula is C18H18N4. The maximum atomic E-state index is 4.44. The predicted molar refractivity (Wildman–Crippen MR) is 86.2 cm³/mol. The van der Waals surface area contributed by atoms with E-state index in [1.54, 1.807) is 6.33 Å². The molecule has 2 aromatic heterocycles. The average Bonchev–Trinajstić information content (AvgIpc) is 3.04. The van der Waals surface area contributed by atoms with E-state index in [-0.39, 0.29) is 0 Å². The summed E-state index contributed by atoms with van der Waals surface area (Å²) in [6.45, 7) is 2.08. The van der Waals surface area contributed by atoms with E-state index in [2.05, 4.69) is 44.1 Å². The zero-order valence-corrected chi connectivity index (χ0v) is 12.4. The number of fused-ring (bicyclic) bond motifs is 1. The number of rotatable bonds is 3. The van der Waals surface area contributed by atoms with Crippen LogP contribution < -0.4 is 0 Å². The Morgan fingerprint density at radius 1 is 1.09 bits per heavy atom. The van der Waals surface area contributed by atoms with E-state index in [0.29, 0.717) is 6.04 Å². The fraction of sp³-hybridized carbons (Fsp3) is 0.278. The molecule has 0 aliphatic carbocycles. The lowest BCUT2D eigenvalue weighted by atomic mass is 10.1. The van der Waals surface area contributed by atoms with Crippen LogP contribution in [0, 0.1) is 0 Å². The highest BCUT2D eigenvalue weighted by molar-refractivity contribution is 5.78. The molecule has 110 valence electrons. The van der Waals surface area contributed by atoms with Crippen LogP contribution in [0.4, 0.5) is 0 Å². The molecule has 22 heavy (non-hydrogen) atoms. The van der Waals surface area contributed by atoms with E-state index in [9.17, 15) is 0 Å². The van der Waals surface area contributed by atoms with Gasteiger partial charge in [-0.25, -0.2) is 9.97 Å². The number of likely N-dealkylation sites (tertiary alicyclic amines) is 1. The maximum Gasteiger partial charge on any atom is 0.115 e. The standard InChI is InChI=1S/C18H18N4/c1-3-15-11-14(5-6-16(15)20-8-1)12-22-10-2-4-18(22)17-7-9-19-13-21-17/h1,3,5-9,11,13,18H,2,4,10,12H2/t18-/m0/s1. The van der Waals surface area contributed by atoms with Gasteiger partial charge in [-0.3, -0.25) is 9.88 Å². The van der Waals surface area contributed by atoms with Gasteiger partial charge in [0.2, 0.25) is 0 Å². The Bertz CT molecular complexity index is 772. The molecule has 0 spiro atoms. The summed E-state index contributed by atoms with van der Waals surface area (Å²) in [4.78, 5) is 15.4. The lowest BCUT2D eigenvalue weighted by Gasteiger charge is -2.24. The lowest BCUT2D eigenvalue weighted by Crippen LogP contribution is -2.23. The van der Waals surface area contributed by atoms with Crippen LogP contribution in [-0.2, 0) is 6.54 Å². The molecule has 4 nitrogen and oxygen atoms in total. The van der Waals surface area contributed by atoms with Gasteiger partial charge in [0.1, 0.15) is 6.33 Å². The molecule has 3 heterocycles. The Labute approximate surface area is 129 Å². The molecule has 1 aliphatic rings. The van der Waals surface area contributed by atoms with Gasteiger partial charge >= 0.3 is 0 Å². The second-order valence-electron chi connectivity index (χ2n) is 5.79. The average molecular weight is 290 g/mol. The summed E-state index contributed by atoms with van der Waals surface area (Å²) in [5.74, 6) is 0. The number of pyridine rings is 1. The molecule has 0 N–H and O–H groups in total. The van der Waals surface area contributed by atoms with Crippen LogP contribution >= 0.6 is 0 Å². The molecule has 0 amide bonds. The van der Waals surface area contributed by atoms with Crippen LogP contribution in [-0.4, -0.2) is 26.4 Å². The van der Waals surface area contributed by atoms with Crippen LogP contribution in [0.3, 0.4) is 0 Å². The van der Waals surface area contributed by atoms with Crippen LogP contribution in [0.25, 0.3) is 10.9 Å². The Balaban J connectivity index is 1.58. The summed E-state index contributed by atoms with van der Waals surface area (Å²) in [7, 11) is 0. The summed E-state index contributed by atoms with van der Waals surface area (Å²) >= 11 is 0. The molecule has 1 aromatic carbocycles. The fourth-order valence-corrected chi connectivity index (χ4v) is 3.31. The second kappa shape index (κ2) is 5.81. The van der Waals surface area contributed by atoms with Crippen molar-refractivity contribution in [2.24, 2.45) is 0 Å². The van der Waals surface area contributed by atoms with Gasteiger partial charge in [-0.15, -0.1) is 0 Å². The van der Waals surface area contributed by atoms with E-state index in [4.69, 9.17) is 0 Å². The second-order valence-corrected chi connectivity index (χ2v) is 5.79. The molecule has 3 aromatic rings. The minimum atomic E-state index is 0.410. The first-order valence-electron chi connectivity index (χ1n) is 7.74. The van der Waals surface area contributed by atoms with Gasteiger partial charge in [-0.1, -0.05) is 12.1 Å². The molecule has 0 saturated carbocycles. The quantitative estimate of drug-likeness (QED) is 0.741. The molecule has 1 fully saturated rings. The van der Waals surface area contributed by atoms with E-state index in [1.165, 1.54) is 23.8 Å². The number of hydrogen-bond donors (Lipinski definition) is 0. The fourth-order valence-electron chi connectivity index (χ4n) is 3.31. The van der Waals surface area contributed by atoms with Gasteiger partial charge in [-0.2, -0.15) is 0 Å². The Morgan fingerprint density at radius 2 is 2.09 bits per heavy atom. The first-order chi connectivity index (χ1) is 10.9. The van der Waals surface area contributed by atoms with Crippen LogP contribution in [0.5, 0.6) is 0 Å². The SMILES string of the molecule is c1cnc2ccc(CN3CCC[C@H]3c3ccncn3)cc2c1. The van der Waals surface area contributed by atoms with Crippen LogP contribution in [0.2, 0.25) is 0 Å². The van der Waals surface area contributed by atoms with E-state index in [1.807, 2.05) is 24.5 Å². The first kappa shape index (κ1) is 13.3. The third kappa shape index (κ3) is 2.57. The maximum absolute atomic E-state index is 4.44. The Morgan fingerprint density at radius 3 is 3.00 bits per heavy atom. The monoisotopic (exact) mass is 290 g/mol.